The normalized spacial score (nSPS) is 20.7. The Balaban J connectivity index is 1.82. The number of halogens is 1. The lowest BCUT2D eigenvalue weighted by atomic mass is 10.2. The highest BCUT2D eigenvalue weighted by atomic mass is 35.5. The van der Waals surface area contributed by atoms with Gasteiger partial charge >= 0.3 is 0 Å². The first-order valence-electron chi connectivity index (χ1n) is 5.28. The first kappa shape index (κ1) is 11.3. The van der Waals surface area contributed by atoms with E-state index in [1.807, 2.05) is 11.8 Å². The Morgan fingerprint density at radius 1 is 1.33 bits per heavy atom. The lowest BCUT2D eigenvalue weighted by molar-refractivity contribution is 0.129. The maximum atomic E-state index is 5.73. The molecule has 1 aromatic carbocycles. The van der Waals surface area contributed by atoms with Gasteiger partial charge in [0, 0.05) is 23.1 Å². The Bertz CT molecular complexity index is 293. The molecule has 1 heterocycles. The molecule has 1 aromatic rings. The second-order valence-corrected chi connectivity index (χ2v) is 5.08. The molecule has 1 aliphatic rings. The van der Waals surface area contributed by atoms with Crippen molar-refractivity contribution in [1.82, 2.24) is 0 Å². The Labute approximate surface area is 100 Å². The molecule has 1 fully saturated rings. The zero-order valence-electron chi connectivity index (χ0n) is 8.62. The molecule has 0 radical (unpaired) electrons. The lowest BCUT2D eigenvalue weighted by Crippen LogP contribution is -2.07. The summed E-state index contributed by atoms with van der Waals surface area (Å²) in [5.74, 6) is 1.66. The van der Waals surface area contributed by atoms with Gasteiger partial charge in [-0.25, -0.2) is 0 Å². The highest BCUT2D eigenvalue weighted by Gasteiger charge is 2.15. The van der Waals surface area contributed by atoms with Crippen molar-refractivity contribution in [2.75, 3.05) is 12.4 Å². The molecule has 2 rings (SSSR count). The minimum Gasteiger partial charge on any atom is -0.377 e. The van der Waals surface area contributed by atoms with Crippen LogP contribution < -0.4 is 0 Å². The van der Waals surface area contributed by atoms with Crippen LogP contribution in [0.4, 0.5) is 0 Å². The quantitative estimate of drug-likeness (QED) is 0.588. The van der Waals surface area contributed by atoms with E-state index in [9.17, 15) is 0 Å². The summed E-state index contributed by atoms with van der Waals surface area (Å²) in [6.45, 7) is 0.941. The number of thioether (sulfide) groups is 1. The van der Waals surface area contributed by atoms with Gasteiger partial charge in [-0.05, 0) is 30.5 Å². The molecular formula is C12H15ClOS. The van der Waals surface area contributed by atoms with Crippen LogP contribution in [0, 0.1) is 0 Å². The van der Waals surface area contributed by atoms with Gasteiger partial charge in [-0.1, -0.05) is 12.1 Å². The third-order valence-corrected chi connectivity index (χ3v) is 3.99. The van der Waals surface area contributed by atoms with E-state index in [-0.39, 0.29) is 0 Å². The maximum absolute atomic E-state index is 5.73. The van der Waals surface area contributed by atoms with Crippen molar-refractivity contribution in [3.63, 3.8) is 0 Å². The summed E-state index contributed by atoms with van der Waals surface area (Å²) < 4.78 is 5.58. The van der Waals surface area contributed by atoms with Crippen molar-refractivity contribution in [1.29, 1.82) is 0 Å². The van der Waals surface area contributed by atoms with Crippen molar-refractivity contribution in [2.24, 2.45) is 0 Å². The van der Waals surface area contributed by atoms with E-state index in [1.54, 1.807) is 0 Å². The van der Waals surface area contributed by atoms with Crippen LogP contribution in [0.25, 0.3) is 0 Å². The summed E-state index contributed by atoms with van der Waals surface area (Å²) in [6.07, 6.45) is 2.89. The van der Waals surface area contributed by atoms with Crippen LogP contribution in [-0.4, -0.2) is 18.5 Å². The highest BCUT2D eigenvalue weighted by molar-refractivity contribution is 7.99. The van der Waals surface area contributed by atoms with Crippen LogP contribution >= 0.6 is 23.4 Å². The average Bonchev–Trinajstić information content (AvgIpc) is 2.80. The number of hydrogen-bond acceptors (Lipinski definition) is 2. The van der Waals surface area contributed by atoms with Crippen LogP contribution in [0.15, 0.2) is 29.2 Å². The van der Waals surface area contributed by atoms with Crippen molar-refractivity contribution in [3.8, 4) is 0 Å². The molecule has 0 bridgehead atoms. The van der Waals surface area contributed by atoms with E-state index < -0.39 is 0 Å². The number of rotatable bonds is 4. The summed E-state index contributed by atoms with van der Waals surface area (Å²) >= 11 is 7.60. The topological polar surface area (TPSA) is 9.23 Å². The van der Waals surface area contributed by atoms with Gasteiger partial charge in [0.2, 0.25) is 0 Å². The summed E-state index contributed by atoms with van der Waals surface area (Å²) in [5, 5.41) is 0. The average molecular weight is 243 g/mol. The largest absolute Gasteiger partial charge is 0.377 e. The molecule has 1 aliphatic heterocycles. The van der Waals surface area contributed by atoms with Crippen molar-refractivity contribution >= 4 is 23.4 Å². The van der Waals surface area contributed by atoms with Crippen LogP contribution in [-0.2, 0) is 10.6 Å². The number of benzene rings is 1. The summed E-state index contributed by atoms with van der Waals surface area (Å²) in [6, 6.07) is 8.45. The molecule has 0 amide bonds. The maximum Gasteiger partial charge on any atom is 0.0669 e. The van der Waals surface area contributed by atoms with Crippen molar-refractivity contribution in [3.05, 3.63) is 29.8 Å². The fourth-order valence-corrected chi connectivity index (χ4v) is 2.79. The number of ether oxygens (including phenoxy) is 1. The second kappa shape index (κ2) is 5.78. The Morgan fingerprint density at radius 3 is 2.73 bits per heavy atom. The molecular weight excluding hydrogens is 228 g/mol. The molecule has 1 atom stereocenters. The van der Waals surface area contributed by atoms with Gasteiger partial charge in [-0.15, -0.1) is 23.4 Å². The number of alkyl halides is 1. The molecule has 1 nitrogen and oxygen atoms in total. The molecule has 0 spiro atoms. The minimum atomic E-state index is 0.461. The van der Waals surface area contributed by atoms with Gasteiger partial charge < -0.3 is 4.74 Å². The lowest BCUT2D eigenvalue weighted by Gasteiger charge is -2.08. The summed E-state index contributed by atoms with van der Waals surface area (Å²) in [5.41, 5.74) is 1.18. The monoisotopic (exact) mass is 242 g/mol. The Hall–Kier alpha value is -0.180. The first-order chi connectivity index (χ1) is 7.38. The molecule has 3 heteroatoms. The fraction of sp³-hybridized carbons (Fsp3) is 0.500. The zero-order chi connectivity index (χ0) is 10.5. The van der Waals surface area contributed by atoms with Crippen molar-refractivity contribution in [2.45, 2.75) is 29.7 Å². The van der Waals surface area contributed by atoms with E-state index >= 15 is 0 Å². The molecule has 0 N–H and O–H groups in total. The highest BCUT2D eigenvalue weighted by Crippen LogP contribution is 2.24. The summed E-state index contributed by atoms with van der Waals surface area (Å²) in [7, 11) is 0. The molecule has 0 aromatic heterocycles. The Kier molecular flexibility index (Phi) is 4.36. The Morgan fingerprint density at radius 2 is 2.13 bits per heavy atom. The molecule has 1 unspecified atom stereocenters. The molecule has 15 heavy (non-hydrogen) atoms. The SMILES string of the molecule is ClCc1ccc(SCC2CCCO2)cc1. The van der Waals surface area contributed by atoms with Crippen LogP contribution in [0.1, 0.15) is 18.4 Å². The molecule has 0 saturated carbocycles. The van der Waals surface area contributed by atoms with E-state index in [0.717, 1.165) is 12.4 Å². The second-order valence-electron chi connectivity index (χ2n) is 3.72. The van der Waals surface area contributed by atoms with E-state index in [0.29, 0.717) is 12.0 Å². The summed E-state index contributed by atoms with van der Waals surface area (Å²) in [4.78, 5) is 1.30. The van der Waals surface area contributed by atoms with Crippen molar-refractivity contribution < 1.29 is 4.74 Å². The zero-order valence-corrected chi connectivity index (χ0v) is 10.2. The van der Waals surface area contributed by atoms with Gasteiger partial charge in [-0.2, -0.15) is 0 Å². The molecule has 0 aliphatic carbocycles. The van der Waals surface area contributed by atoms with Gasteiger partial charge in [0.15, 0.2) is 0 Å². The van der Waals surface area contributed by atoms with Gasteiger partial charge in [0.05, 0.1) is 6.10 Å². The number of hydrogen-bond donors (Lipinski definition) is 0. The van der Waals surface area contributed by atoms with Crippen LogP contribution in [0.3, 0.4) is 0 Å². The minimum absolute atomic E-state index is 0.461. The molecule has 1 saturated heterocycles. The predicted molar refractivity (Wildman–Crippen MR) is 65.7 cm³/mol. The molecule has 82 valence electrons. The third-order valence-electron chi connectivity index (χ3n) is 2.54. The third kappa shape index (κ3) is 3.40. The standard InChI is InChI=1S/C12H15ClOS/c13-8-10-3-5-12(6-4-10)15-9-11-2-1-7-14-11/h3-6,11H,1-2,7-9H2. The first-order valence-corrected chi connectivity index (χ1v) is 6.80. The van der Waals surface area contributed by atoms with E-state index in [4.69, 9.17) is 16.3 Å². The fourth-order valence-electron chi connectivity index (χ4n) is 1.64. The van der Waals surface area contributed by atoms with E-state index in [1.165, 1.54) is 23.3 Å². The van der Waals surface area contributed by atoms with Crippen LogP contribution in [0.2, 0.25) is 0 Å². The smallest absolute Gasteiger partial charge is 0.0669 e. The van der Waals surface area contributed by atoms with Gasteiger partial charge in [0.25, 0.3) is 0 Å². The van der Waals surface area contributed by atoms with Gasteiger partial charge in [0.1, 0.15) is 0 Å². The van der Waals surface area contributed by atoms with Crippen LogP contribution in [0.5, 0.6) is 0 Å². The van der Waals surface area contributed by atoms with E-state index in [2.05, 4.69) is 24.3 Å². The predicted octanol–water partition coefficient (Wildman–Crippen LogP) is 3.70. The van der Waals surface area contributed by atoms with Gasteiger partial charge in [-0.3, -0.25) is 0 Å².